The SMILES string of the molecule is COc1ccc(C)cc1NC(=O)c1[nH]c(C)c(C(=O)OC(C)C)c1C. The molecule has 6 nitrogen and oxygen atoms in total. The van der Waals surface area contributed by atoms with E-state index in [-0.39, 0.29) is 12.0 Å². The number of rotatable bonds is 5. The van der Waals surface area contributed by atoms with Gasteiger partial charge >= 0.3 is 5.97 Å². The molecule has 0 radical (unpaired) electrons. The molecule has 0 saturated carbocycles. The monoisotopic (exact) mass is 344 g/mol. The fourth-order valence-corrected chi connectivity index (χ4v) is 2.66. The van der Waals surface area contributed by atoms with Crippen LogP contribution in [0.3, 0.4) is 0 Å². The summed E-state index contributed by atoms with van der Waals surface area (Å²) in [4.78, 5) is 27.9. The number of hydrogen-bond acceptors (Lipinski definition) is 4. The average molecular weight is 344 g/mol. The Morgan fingerprint density at radius 1 is 1.16 bits per heavy atom. The zero-order chi connectivity index (χ0) is 18.7. The Morgan fingerprint density at radius 2 is 1.84 bits per heavy atom. The minimum Gasteiger partial charge on any atom is -0.495 e. The standard InChI is InChI=1S/C19H24N2O4/c1-10(2)25-19(23)16-12(4)17(20-13(16)5)18(22)21-14-9-11(3)7-8-15(14)24-6/h7-10,20H,1-6H3,(H,21,22). The minimum absolute atomic E-state index is 0.227. The predicted octanol–water partition coefficient (Wildman–Crippen LogP) is 3.77. The Kier molecular flexibility index (Phi) is 5.51. The van der Waals surface area contributed by atoms with Crippen LogP contribution < -0.4 is 10.1 Å². The zero-order valence-electron chi connectivity index (χ0n) is 15.4. The molecule has 1 aromatic carbocycles. The number of methoxy groups -OCH3 is 1. The molecule has 6 heteroatoms. The van der Waals surface area contributed by atoms with Crippen molar-refractivity contribution in [2.24, 2.45) is 0 Å². The number of nitrogens with one attached hydrogen (secondary N) is 2. The van der Waals surface area contributed by atoms with E-state index in [1.165, 1.54) is 0 Å². The molecule has 0 fully saturated rings. The zero-order valence-corrected chi connectivity index (χ0v) is 15.4. The fourth-order valence-electron chi connectivity index (χ4n) is 2.66. The van der Waals surface area contributed by atoms with Gasteiger partial charge in [0.2, 0.25) is 0 Å². The Labute approximate surface area is 147 Å². The van der Waals surface area contributed by atoms with Gasteiger partial charge in [-0.05, 0) is 57.9 Å². The van der Waals surface area contributed by atoms with Gasteiger partial charge in [-0.1, -0.05) is 6.07 Å². The molecule has 2 N–H and O–H groups in total. The van der Waals surface area contributed by atoms with Crippen LogP contribution in [0.5, 0.6) is 5.75 Å². The molecular weight excluding hydrogens is 320 g/mol. The molecule has 134 valence electrons. The van der Waals surface area contributed by atoms with E-state index in [0.29, 0.717) is 34.0 Å². The number of esters is 1. The molecule has 0 aliphatic heterocycles. The van der Waals surface area contributed by atoms with Crippen LogP contribution in [-0.2, 0) is 4.74 Å². The van der Waals surface area contributed by atoms with E-state index >= 15 is 0 Å². The second kappa shape index (κ2) is 7.42. The van der Waals surface area contributed by atoms with E-state index in [0.717, 1.165) is 5.56 Å². The van der Waals surface area contributed by atoms with Crippen LogP contribution in [0.25, 0.3) is 0 Å². The summed E-state index contributed by atoms with van der Waals surface area (Å²) in [6.45, 7) is 8.97. The third-order valence-corrected chi connectivity index (χ3v) is 3.81. The van der Waals surface area contributed by atoms with E-state index in [1.807, 2.05) is 19.1 Å². The summed E-state index contributed by atoms with van der Waals surface area (Å²) >= 11 is 0. The van der Waals surface area contributed by atoms with Crippen LogP contribution in [0.15, 0.2) is 18.2 Å². The second-order valence-corrected chi connectivity index (χ2v) is 6.24. The van der Waals surface area contributed by atoms with Gasteiger partial charge in [-0.25, -0.2) is 4.79 Å². The van der Waals surface area contributed by atoms with Gasteiger partial charge in [0.25, 0.3) is 5.91 Å². The number of carbonyl (C=O) groups excluding carboxylic acids is 2. The average Bonchev–Trinajstić information content (AvgIpc) is 2.81. The fraction of sp³-hybridized carbons (Fsp3) is 0.368. The lowest BCUT2D eigenvalue weighted by atomic mass is 10.1. The normalized spacial score (nSPS) is 10.7. The maximum absolute atomic E-state index is 12.7. The van der Waals surface area contributed by atoms with E-state index < -0.39 is 5.97 Å². The predicted molar refractivity (Wildman–Crippen MR) is 96.5 cm³/mol. The van der Waals surface area contributed by atoms with Crippen LogP contribution in [-0.4, -0.2) is 30.1 Å². The van der Waals surface area contributed by atoms with Crippen molar-refractivity contribution in [2.45, 2.75) is 40.7 Å². The summed E-state index contributed by atoms with van der Waals surface area (Å²) in [6.07, 6.45) is -0.227. The molecule has 1 aromatic heterocycles. The van der Waals surface area contributed by atoms with Gasteiger partial charge in [-0.2, -0.15) is 0 Å². The first-order chi connectivity index (χ1) is 11.7. The van der Waals surface area contributed by atoms with Crippen molar-refractivity contribution < 1.29 is 19.1 Å². The quantitative estimate of drug-likeness (QED) is 0.809. The summed E-state index contributed by atoms with van der Waals surface area (Å²) in [5, 5.41) is 2.83. The van der Waals surface area contributed by atoms with E-state index in [2.05, 4.69) is 10.3 Å². The molecule has 1 amide bonds. The van der Waals surface area contributed by atoms with Crippen molar-refractivity contribution in [3.05, 3.63) is 46.3 Å². The Morgan fingerprint density at radius 3 is 2.44 bits per heavy atom. The first-order valence-electron chi connectivity index (χ1n) is 8.10. The topological polar surface area (TPSA) is 80.4 Å². The van der Waals surface area contributed by atoms with Gasteiger partial charge in [0.05, 0.1) is 24.5 Å². The molecular formula is C19H24N2O4. The summed E-state index contributed by atoms with van der Waals surface area (Å²) in [5.74, 6) is -0.208. The molecule has 0 atom stereocenters. The number of H-pyrrole nitrogens is 1. The van der Waals surface area contributed by atoms with Crippen LogP contribution in [0, 0.1) is 20.8 Å². The number of amides is 1. The molecule has 0 aliphatic carbocycles. The van der Waals surface area contributed by atoms with Crippen molar-refractivity contribution in [3.63, 3.8) is 0 Å². The summed E-state index contributed by atoms with van der Waals surface area (Å²) in [6, 6.07) is 5.53. The number of ether oxygens (including phenoxy) is 2. The van der Waals surface area contributed by atoms with Gasteiger partial charge < -0.3 is 19.8 Å². The number of aromatic amines is 1. The van der Waals surface area contributed by atoms with Crippen LogP contribution >= 0.6 is 0 Å². The highest BCUT2D eigenvalue weighted by atomic mass is 16.5. The maximum atomic E-state index is 12.7. The Balaban J connectivity index is 2.32. The van der Waals surface area contributed by atoms with E-state index in [4.69, 9.17) is 9.47 Å². The Hall–Kier alpha value is -2.76. The van der Waals surface area contributed by atoms with Gasteiger partial charge in [-0.3, -0.25) is 4.79 Å². The molecule has 0 bridgehead atoms. The van der Waals surface area contributed by atoms with Crippen LogP contribution in [0.2, 0.25) is 0 Å². The first kappa shape index (κ1) is 18.6. The lowest BCUT2D eigenvalue weighted by Gasteiger charge is -2.11. The lowest BCUT2D eigenvalue weighted by molar-refractivity contribution is 0.0376. The lowest BCUT2D eigenvalue weighted by Crippen LogP contribution is -2.15. The third-order valence-electron chi connectivity index (χ3n) is 3.81. The molecule has 0 aliphatic rings. The minimum atomic E-state index is -0.437. The van der Waals surface area contributed by atoms with Crippen LogP contribution in [0.1, 0.15) is 51.5 Å². The molecule has 0 saturated heterocycles. The molecule has 25 heavy (non-hydrogen) atoms. The largest absolute Gasteiger partial charge is 0.495 e. The maximum Gasteiger partial charge on any atom is 0.340 e. The number of aryl methyl sites for hydroxylation is 2. The van der Waals surface area contributed by atoms with Crippen molar-refractivity contribution >= 4 is 17.6 Å². The number of anilines is 1. The smallest absolute Gasteiger partial charge is 0.340 e. The van der Waals surface area contributed by atoms with Crippen molar-refractivity contribution in [1.29, 1.82) is 0 Å². The number of carbonyl (C=O) groups is 2. The number of aromatic nitrogens is 1. The van der Waals surface area contributed by atoms with E-state index in [9.17, 15) is 9.59 Å². The number of benzene rings is 1. The second-order valence-electron chi connectivity index (χ2n) is 6.24. The first-order valence-corrected chi connectivity index (χ1v) is 8.10. The number of hydrogen-bond donors (Lipinski definition) is 2. The summed E-state index contributed by atoms with van der Waals surface area (Å²) < 4.78 is 10.5. The third kappa shape index (κ3) is 4.02. The van der Waals surface area contributed by atoms with Crippen LogP contribution in [0.4, 0.5) is 5.69 Å². The van der Waals surface area contributed by atoms with Crippen molar-refractivity contribution in [3.8, 4) is 5.75 Å². The molecule has 0 unspecified atom stereocenters. The van der Waals surface area contributed by atoms with Gasteiger partial charge in [0.1, 0.15) is 11.4 Å². The molecule has 2 aromatic rings. The summed E-state index contributed by atoms with van der Waals surface area (Å²) in [7, 11) is 1.55. The Bertz CT molecular complexity index is 806. The van der Waals surface area contributed by atoms with Gasteiger partial charge in [0.15, 0.2) is 0 Å². The van der Waals surface area contributed by atoms with Gasteiger partial charge in [-0.15, -0.1) is 0 Å². The highest BCUT2D eigenvalue weighted by Crippen LogP contribution is 2.27. The summed E-state index contributed by atoms with van der Waals surface area (Å²) in [5.41, 5.74) is 3.46. The van der Waals surface area contributed by atoms with E-state index in [1.54, 1.807) is 40.9 Å². The molecule has 1 heterocycles. The van der Waals surface area contributed by atoms with Crippen molar-refractivity contribution in [1.82, 2.24) is 4.98 Å². The highest BCUT2D eigenvalue weighted by molar-refractivity contribution is 6.07. The highest BCUT2D eigenvalue weighted by Gasteiger charge is 2.24. The van der Waals surface area contributed by atoms with Crippen molar-refractivity contribution in [2.75, 3.05) is 12.4 Å². The van der Waals surface area contributed by atoms with Gasteiger partial charge in [0, 0.05) is 5.69 Å². The molecule has 0 spiro atoms. The molecule has 2 rings (SSSR count).